The molecular formula is C19H23N3O5S2. The van der Waals surface area contributed by atoms with Crippen molar-refractivity contribution in [1.82, 2.24) is 14.1 Å². The second-order valence-corrected chi connectivity index (χ2v) is 9.96. The van der Waals surface area contributed by atoms with Crippen molar-refractivity contribution < 1.29 is 22.4 Å². The molecule has 0 aliphatic carbocycles. The predicted molar refractivity (Wildman–Crippen MR) is 107 cm³/mol. The van der Waals surface area contributed by atoms with Crippen molar-refractivity contribution in [2.75, 3.05) is 39.3 Å². The number of rotatable bonds is 4. The molecule has 156 valence electrons. The van der Waals surface area contributed by atoms with Crippen LogP contribution in [0.15, 0.2) is 39.2 Å². The fourth-order valence-electron chi connectivity index (χ4n) is 3.71. The molecule has 2 aliphatic heterocycles. The maximum absolute atomic E-state index is 13.0. The summed E-state index contributed by atoms with van der Waals surface area (Å²) in [5.74, 6) is -0.217. The SMILES string of the molecule is O=C(c1ccco1)N1CCN(C(=O)c2sccc2S(=O)(=O)N2CCCCC2)CC1. The summed E-state index contributed by atoms with van der Waals surface area (Å²) in [5, 5.41) is 1.65. The number of carbonyl (C=O) groups is 2. The van der Waals surface area contributed by atoms with Crippen molar-refractivity contribution in [3.8, 4) is 0 Å². The number of amides is 2. The fraction of sp³-hybridized carbons (Fsp3) is 0.474. The largest absolute Gasteiger partial charge is 0.459 e. The van der Waals surface area contributed by atoms with Gasteiger partial charge in [0.15, 0.2) is 5.76 Å². The van der Waals surface area contributed by atoms with Gasteiger partial charge in [0.05, 0.1) is 6.26 Å². The Labute approximate surface area is 173 Å². The molecule has 0 bridgehead atoms. The van der Waals surface area contributed by atoms with Crippen molar-refractivity contribution in [3.05, 3.63) is 40.5 Å². The van der Waals surface area contributed by atoms with E-state index in [0.29, 0.717) is 39.3 Å². The van der Waals surface area contributed by atoms with Crippen LogP contribution in [0.25, 0.3) is 0 Å². The van der Waals surface area contributed by atoms with E-state index in [1.807, 2.05) is 0 Å². The van der Waals surface area contributed by atoms with Crippen LogP contribution in [0.1, 0.15) is 39.5 Å². The third kappa shape index (κ3) is 3.96. The Bertz CT molecular complexity index is 969. The molecule has 29 heavy (non-hydrogen) atoms. The van der Waals surface area contributed by atoms with E-state index in [2.05, 4.69) is 0 Å². The minimum Gasteiger partial charge on any atom is -0.459 e. The second kappa shape index (κ2) is 8.29. The lowest BCUT2D eigenvalue weighted by molar-refractivity contribution is 0.0519. The standard InChI is InChI=1S/C19H23N3O5S2/c23-18(15-5-4-13-27-15)20-9-11-21(12-10-20)19(24)17-16(6-14-28-17)29(25,26)22-7-2-1-3-8-22/h4-6,13-14H,1-3,7-12H2. The molecule has 2 aromatic rings. The first-order chi connectivity index (χ1) is 14.0. The first kappa shape index (κ1) is 20.1. The van der Waals surface area contributed by atoms with Crippen LogP contribution in [0.3, 0.4) is 0 Å². The molecule has 8 nitrogen and oxygen atoms in total. The van der Waals surface area contributed by atoms with Gasteiger partial charge >= 0.3 is 0 Å². The van der Waals surface area contributed by atoms with E-state index in [1.165, 1.54) is 16.6 Å². The van der Waals surface area contributed by atoms with E-state index >= 15 is 0 Å². The number of hydrogen-bond acceptors (Lipinski definition) is 6. The van der Waals surface area contributed by atoms with Crippen molar-refractivity contribution in [2.24, 2.45) is 0 Å². The average molecular weight is 438 g/mol. The number of sulfonamides is 1. The number of piperidine rings is 1. The number of carbonyl (C=O) groups excluding carboxylic acids is 2. The quantitative estimate of drug-likeness (QED) is 0.731. The minimum atomic E-state index is -3.67. The van der Waals surface area contributed by atoms with Crippen molar-refractivity contribution >= 4 is 33.2 Å². The third-order valence-corrected chi connectivity index (χ3v) is 8.31. The molecule has 0 radical (unpaired) electrons. The Balaban J connectivity index is 1.45. The number of nitrogens with zero attached hydrogens (tertiary/aromatic N) is 3. The van der Waals surface area contributed by atoms with Gasteiger partial charge in [0.1, 0.15) is 9.77 Å². The summed E-state index contributed by atoms with van der Waals surface area (Å²) in [7, 11) is -3.67. The third-order valence-electron chi connectivity index (χ3n) is 5.34. The van der Waals surface area contributed by atoms with E-state index in [1.54, 1.807) is 27.3 Å². The molecule has 0 atom stereocenters. The maximum Gasteiger partial charge on any atom is 0.289 e. The molecule has 2 aliphatic rings. The van der Waals surface area contributed by atoms with Crippen molar-refractivity contribution in [3.63, 3.8) is 0 Å². The van der Waals surface area contributed by atoms with Crippen LogP contribution in [0.4, 0.5) is 0 Å². The van der Waals surface area contributed by atoms with Gasteiger partial charge in [-0.3, -0.25) is 9.59 Å². The molecule has 2 amide bonds. The molecule has 2 fully saturated rings. The summed E-state index contributed by atoms with van der Waals surface area (Å²) in [6.07, 6.45) is 4.17. The summed E-state index contributed by atoms with van der Waals surface area (Å²) < 4.78 is 32.7. The van der Waals surface area contributed by atoms with Crippen LogP contribution in [0.5, 0.6) is 0 Å². The Morgan fingerprint density at radius 3 is 2.17 bits per heavy atom. The molecule has 0 N–H and O–H groups in total. The Morgan fingerprint density at radius 1 is 0.897 bits per heavy atom. The van der Waals surface area contributed by atoms with Gasteiger partial charge in [0, 0.05) is 39.3 Å². The summed E-state index contributed by atoms with van der Waals surface area (Å²) in [6, 6.07) is 4.80. The van der Waals surface area contributed by atoms with E-state index in [0.717, 1.165) is 30.6 Å². The van der Waals surface area contributed by atoms with E-state index in [-0.39, 0.29) is 27.3 Å². The topological polar surface area (TPSA) is 91.1 Å². The monoisotopic (exact) mass is 437 g/mol. The van der Waals surface area contributed by atoms with Crippen LogP contribution in [-0.2, 0) is 10.0 Å². The number of thiophene rings is 1. The van der Waals surface area contributed by atoms with Crippen LogP contribution in [0.2, 0.25) is 0 Å². The molecule has 4 rings (SSSR count). The van der Waals surface area contributed by atoms with Crippen molar-refractivity contribution in [2.45, 2.75) is 24.2 Å². The van der Waals surface area contributed by atoms with Crippen LogP contribution < -0.4 is 0 Å². The molecular weight excluding hydrogens is 414 g/mol. The normalized spacial score (nSPS) is 18.8. The lowest BCUT2D eigenvalue weighted by Gasteiger charge is -2.34. The summed E-state index contributed by atoms with van der Waals surface area (Å²) in [4.78, 5) is 29.0. The van der Waals surface area contributed by atoms with E-state index in [4.69, 9.17) is 4.42 Å². The molecule has 10 heteroatoms. The van der Waals surface area contributed by atoms with Gasteiger partial charge in [-0.05, 0) is 36.4 Å². The van der Waals surface area contributed by atoms with Gasteiger partial charge < -0.3 is 14.2 Å². The van der Waals surface area contributed by atoms with Gasteiger partial charge in [0.2, 0.25) is 10.0 Å². The van der Waals surface area contributed by atoms with E-state index in [9.17, 15) is 18.0 Å². The fourth-order valence-corrected chi connectivity index (χ4v) is 6.59. The summed E-state index contributed by atoms with van der Waals surface area (Å²) in [5.41, 5.74) is 0. The lowest BCUT2D eigenvalue weighted by atomic mass is 10.2. The van der Waals surface area contributed by atoms with Gasteiger partial charge in [0.25, 0.3) is 11.8 Å². The number of piperazine rings is 1. The Hall–Kier alpha value is -2.17. The summed E-state index contributed by atoms with van der Waals surface area (Å²) in [6.45, 7) is 2.47. The van der Waals surface area contributed by atoms with Crippen LogP contribution in [-0.4, -0.2) is 73.6 Å². The summed E-state index contributed by atoms with van der Waals surface area (Å²) >= 11 is 1.15. The molecule has 0 unspecified atom stereocenters. The van der Waals surface area contributed by atoms with E-state index < -0.39 is 10.0 Å². The first-order valence-corrected chi connectivity index (χ1v) is 12.0. The molecule has 0 saturated carbocycles. The molecule has 4 heterocycles. The highest BCUT2D eigenvalue weighted by Crippen LogP contribution is 2.28. The van der Waals surface area contributed by atoms with Crippen molar-refractivity contribution in [1.29, 1.82) is 0 Å². The highest BCUT2D eigenvalue weighted by Gasteiger charge is 2.34. The highest BCUT2D eigenvalue weighted by atomic mass is 32.2. The molecule has 0 spiro atoms. The van der Waals surface area contributed by atoms with Gasteiger partial charge in [-0.1, -0.05) is 6.42 Å². The average Bonchev–Trinajstić information content (AvgIpc) is 3.46. The minimum absolute atomic E-state index is 0.100. The second-order valence-electron chi connectivity index (χ2n) is 7.14. The van der Waals surface area contributed by atoms with Crippen LogP contribution >= 0.6 is 11.3 Å². The smallest absolute Gasteiger partial charge is 0.289 e. The predicted octanol–water partition coefficient (Wildman–Crippen LogP) is 2.11. The van der Waals surface area contributed by atoms with Crippen LogP contribution in [0, 0.1) is 0 Å². The number of hydrogen-bond donors (Lipinski definition) is 0. The first-order valence-electron chi connectivity index (χ1n) is 9.68. The zero-order chi connectivity index (χ0) is 20.4. The zero-order valence-corrected chi connectivity index (χ0v) is 17.6. The molecule has 0 aromatic carbocycles. The van der Waals surface area contributed by atoms with Gasteiger partial charge in [-0.15, -0.1) is 11.3 Å². The van der Waals surface area contributed by atoms with Gasteiger partial charge in [-0.2, -0.15) is 4.31 Å². The zero-order valence-electron chi connectivity index (χ0n) is 16.0. The lowest BCUT2D eigenvalue weighted by Crippen LogP contribution is -2.50. The number of furan rings is 1. The molecule has 2 saturated heterocycles. The maximum atomic E-state index is 13.0. The Kier molecular flexibility index (Phi) is 5.75. The highest BCUT2D eigenvalue weighted by molar-refractivity contribution is 7.89. The molecule has 2 aromatic heterocycles. The van der Waals surface area contributed by atoms with Gasteiger partial charge in [-0.25, -0.2) is 8.42 Å². The Morgan fingerprint density at radius 2 is 1.55 bits per heavy atom.